The van der Waals surface area contributed by atoms with Gasteiger partial charge in [-0.25, -0.2) is 4.98 Å². The van der Waals surface area contributed by atoms with Gasteiger partial charge in [-0.2, -0.15) is 0 Å². The van der Waals surface area contributed by atoms with Gasteiger partial charge in [0.05, 0.1) is 6.33 Å². The lowest BCUT2D eigenvalue weighted by Crippen LogP contribution is -2.04. The number of hydrogen-bond donors (Lipinski definition) is 3. The fourth-order valence-electron chi connectivity index (χ4n) is 1.31. The van der Waals surface area contributed by atoms with E-state index in [9.17, 15) is 0 Å². The van der Waals surface area contributed by atoms with Crippen LogP contribution in [0, 0.1) is 6.92 Å². The van der Waals surface area contributed by atoms with Gasteiger partial charge in [0.25, 0.3) is 0 Å². The van der Waals surface area contributed by atoms with Crippen LogP contribution < -0.4 is 0 Å². The third-order valence-corrected chi connectivity index (χ3v) is 2.03. The van der Waals surface area contributed by atoms with Crippen LogP contribution in [0.15, 0.2) is 29.9 Å². The summed E-state index contributed by atoms with van der Waals surface area (Å²) in [5, 5.41) is 12.2. The molecule has 2 heterocycles. The highest BCUT2D eigenvalue weighted by atomic mass is 16.4. The fourth-order valence-corrected chi connectivity index (χ4v) is 1.31. The molecule has 0 aliphatic heterocycles. The van der Waals surface area contributed by atoms with Crippen LogP contribution in [0.2, 0.25) is 0 Å². The molecule has 0 atom stereocenters. The number of nitrogens with zero attached hydrogens (tertiary/aromatic N) is 2. The first-order valence-corrected chi connectivity index (χ1v) is 4.18. The maximum Gasteiger partial charge on any atom is 0.138 e. The van der Waals surface area contributed by atoms with Gasteiger partial charge in [-0.3, -0.25) is 0 Å². The molecule has 0 fully saturated rings. The second-order valence-corrected chi connectivity index (χ2v) is 2.92. The van der Waals surface area contributed by atoms with E-state index in [1.54, 1.807) is 18.7 Å². The summed E-state index contributed by atoms with van der Waals surface area (Å²) in [4.78, 5) is 9.91. The van der Waals surface area contributed by atoms with Gasteiger partial charge in [0.1, 0.15) is 11.4 Å². The Hall–Kier alpha value is -2.04. The molecule has 2 aromatic heterocycles. The van der Waals surface area contributed by atoms with Crippen LogP contribution in [-0.4, -0.2) is 25.9 Å². The van der Waals surface area contributed by atoms with Crippen LogP contribution in [0.4, 0.5) is 0 Å². The van der Waals surface area contributed by atoms with Crippen molar-refractivity contribution in [3.05, 3.63) is 41.7 Å². The largest absolute Gasteiger partial charge is 0.410 e. The summed E-state index contributed by atoms with van der Waals surface area (Å²) in [6.07, 6.45) is 5.09. The molecule has 72 valence electrons. The van der Waals surface area contributed by atoms with Crippen LogP contribution >= 0.6 is 0 Å². The SMILES string of the molecule is Cc1[nH]cnc1/C(=N/O)c1cc[nH]c1. The molecule has 0 aromatic carbocycles. The molecule has 0 unspecified atom stereocenters. The lowest BCUT2D eigenvalue weighted by Gasteiger charge is -1.98. The lowest BCUT2D eigenvalue weighted by molar-refractivity contribution is 0.319. The Morgan fingerprint density at radius 2 is 2.43 bits per heavy atom. The predicted octanol–water partition coefficient (Wildman–Crippen LogP) is 1.27. The second-order valence-electron chi connectivity index (χ2n) is 2.92. The fraction of sp³-hybridized carbons (Fsp3) is 0.111. The summed E-state index contributed by atoms with van der Waals surface area (Å²) in [5.74, 6) is 0. The molecule has 2 aromatic rings. The molecule has 0 radical (unpaired) electrons. The quantitative estimate of drug-likeness (QED) is 0.379. The molecule has 0 saturated heterocycles. The first kappa shape index (κ1) is 8.55. The molecule has 5 nitrogen and oxygen atoms in total. The molecule has 0 saturated carbocycles. The molecule has 0 amide bonds. The molecular formula is C9H10N4O. The number of aryl methyl sites for hydroxylation is 1. The van der Waals surface area contributed by atoms with E-state index < -0.39 is 0 Å². The number of aromatic nitrogens is 3. The van der Waals surface area contributed by atoms with E-state index in [1.807, 2.05) is 13.0 Å². The zero-order valence-corrected chi connectivity index (χ0v) is 7.65. The average Bonchev–Trinajstić information content (AvgIpc) is 2.80. The van der Waals surface area contributed by atoms with E-state index in [2.05, 4.69) is 20.1 Å². The number of aromatic amines is 2. The number of rotatable bonds is 2. The summed E-state index contributed by atoms with van der Waals surface area (Å²) < 4.78 is 0. The van der Waals surface area contributed by atoms with Crippen molar-refractivity contribution >= 4 is 5.71 Å². The Labute approximate surface area is 80.5 Å². The van der Waals surface area contributed by atoms with Gasteiger partial charge in [-0.15, -0.1) is 0 Å². The van der Waals surface area contributed by atoms with E-state index in [-0.39, 0.29) is 0 Å². The smallest absolute Gasteiger partial charge is 0.138 e. The van der Waals surface area contributed by atoms with Crippen LogP contribution in [-0.2, 0) is 0 Å². The summed E-state index contributed by atoms with van der Waals surface area (Å²) >= 11 is 0. The zero-order chi connectivity index (χ0) is 9.97. The summed E-state index contributed by atoms with van der Waals surface area (Å²) in [6.45, 7) is 1.88. The molecule has 0 spiro atoms. The van der Waals surface area contributed by atoms with Crippen molar-refractivity contribution in [3.63, 3.8) is 0 Å². The molecule has 14 heavy (non-hydrogen) atoms. The van der Waals surface area contributed by atoms with E-state index in [1.165, 1.54) is 0 Å². The summed E-state index contributed by atoms with van der Waals surface area (Å²) in [7, 11) is 0. The molecule has 2 rings (SSSR count). The molecular weight excluding hydrogens is 180 g/mol. The molecule has 0 aliphatic rings. The van der Waals surface area contributed by atoms with Crippen molar-refractivity contribution in [3.8, 4) is 0 Å². The Kier molecular flexibility index (Phi) is 2.06. The topological polar surface area (TPSA) is 77.1 Å². The van der Waals surface area contributed by atoms with Crippen molar-refractivity contribution in [1.29, 1.82) is 0 Å². The summed E-state index contributed by atoms with van der Waals surface area (Å²) in [6, 6.07) is 1.82. The third-order valence-electron chi connectivity index (χ3n) is 2.03. The van der Waals surface area contributed by atoms with Gasteiger partial charge < -0.3 is 15.2 Å². The average molecular weight is 190 g/mol. The maximum absolute atomic E-state index is 8.91. The minimum Gasteiger partial charge on any atom is -0.410 e. The number of oxime groups is 1. The monoisotopic (exact) mass is 190 g/mol. The zero-order valence-electron chi connectivity index (χ0n) is 7.65. The summed E-state index contributed by atoms with van der Waals surface area (Å²) in [5.41, 5.74) is 2.80. The van der Waals surface area contributed by atoms with Gasteiger partial charge in [-0.1, -0.05) is 5.16 Å². The highest BCUT2D eigenvalue weighted by molar-refractivity contribution is 6.11. The van der Waals surface area contributed by atoms with Crippen molar-refractivity contribution in [2.24, 2.45) is 5.16 Å². The first-order chi connectivity index (χ1) is 6.83. The Balaban J connectivity index is 2.47. The Bertz CT molecular complexity index is 441. The maximum atomic E-state index is 8.91. The van der Waals surface area contributed by atoms with Crippen molar-refractivity contribution < 1.29 is 5.21 Å². The molecule has 0 aliphatic carbocycles. The normalized spacial score (nSPS) is 11.9. The van der Waals surface area contributed by atoms with E-state index in [0.29, 0.717) is 11.4 Å². The van der Waals surface area contributed by atoms with Gasteiger partial charge in [-0.05, 0) is 13.0 Å². The minimum atomic E-state index is 0.463. The van der Waals surface area contributed by atoms with Gasteiger partial charge in [0.2, 0.25) is 0 Å². The van der Waals surface area contributed by atoms with Gasteiger partial charge >= 0.3 is 0 Å². The number of H-pyrrole nitrogens is 2. The van der Waals surface area contributed by atoms with E-state index in [4.69, 9.17) is 5.21 Å². The van der Waals surface area contributed by atoms with Gasteiger partial charge in [0, 0.05) is 23.7 Å². The van der Waals surface area contributed by atoms with Crippen LogP contribution in [0.25, 0.3) is 0 Å². The predicted molar refractivity (Wildman–Crippen MR) is 51.5 cm³/mol. The van der Waals surface area contributed by atoms with Crippen molar-refractivity contribution in [2.75, 3.05) is 0 Å². The Morgan fingerprint density at radius 1 is 1.57 bits per heavy atom. The third kappa shape index (κ3) is 1.28. The number of nitrogens with one attached hydrogen (secondary N) is 2. The van der Waals surface area contributed by atoms with Crippen molar-refractivity contribution in [1.82, 2.24) is 15.0 Å². The van der Waals surface area contributed by atoms with Gasteiger partial charge in [0.15, 0.2) is 0 Å². The molecule has 5 heteroatoms. The minimum absolute atomic E-state index is 0.463. The first-order valence-electron chi connectivity index (χ1n) is 4.18. The van der Waals surface area contributed by atoms with Crippen LogP contribution in [0.5, 0.6) is 0 Å². The second kappa shape index (κ2) is 3.37. The lowest BCUT2D eigenvalue weighted by atomic mass is 10.1. The number of hydrogen-bond acceptors (Lipinski definition) is 3. The highest BCUT2D eigenvalue weighted by Gasteiger charge is 2.12. The van der Waals surface area contributed by atoms with Crippen molar-refractivity contribution in [2.45, 2.75) is 6.92 Å². The van der Waals surface area contributed by atoms with E-state index >= 15 is 0 Å². The van der Waals surface area contributed by atoms with E-state index in [0.717, 1.165) is 11.3 Å². The molecule has 0 bridgehead atoms. The highest BCUT2D eigenvalue weighted by Crippen LogP contribution is 2.10. The number of imidazole rings is 1. The Morgan fingerprint density at radius 3 is 2.93 bits per heavy atom. The van der Waals surface area contributed by atoms with Crippen LogP contribution in [0.3, 0.4) is 0 Å². The molecule has 3 N–H and O–H groups in total. The van der Waals surface area contributed by atoms with Crippen LogP contribution in [0.1, 0.15) is 17.0 Å². The standard InChI is InChI=1S/C9H10N4O/c1-6-8(12-5-11-6)9(13-14)7-2-3-10-4-7/h2-5,10,14H,1H3,(H,11,12)/b13-9+.